The number of aldehydes is 1. The lowest BCUT2D eigenvalue weighted by Crippen LogP contribution is -2.21. The van der Waals surface area contributed by atoms with Gasteiger partial charge in [-0.2, -0.15) is 0 Å². The molecule has 0 fully saturated rings. The summed E-state index contributed by atoms with van der Waals surface area (Å²) in [5, 5.41) is 2.78. The summed E-state index contributed by atoms with van der Waals surface area (Å²) in [6.07, 6.45) is 0.690. The van der Waals surface area contributed by atoms with Crippen LogP contribution in [0.15, 0.2) is 42.5 Å². The number of rotatable bonds is 6. The normalized spacial score (nSPS) is 10.4. The average molecular weight is 451 g/mol. The number of esters is 1. The Balaban J connectivity index is 1.96. The molecule has 6 heteroatoms. The number of benzene rings is 2. The molecule has 0 bridgehead atoms. The van der Waals surface area contributed by atoms with Gasteiger partial charge in [0.1, 0.15) is 6.29 Å². The highest BCUT2D eigenvalue weighted by Gasteiger charge is 2.13. The van der Waals surface area contributed by atoms with Crippen LogP contribution in [0.3, 0.4) is 0 Å². The zero-order valence-electron chi connectivity index (χ0n) is 13.9. The molecular weight excluding hydrogens is 433 g/mol. The molecule has 0 saturated carbocycles. The number of carbonyl (C=O) groups excluding carboxylic acids is 3. The van der Waals surface area contributed by atoms with Crippen LogP contribution >= 0.6 is 22.6 Å². The van der Waals surface area contributed by atoms with Gasteiger partial charge in [-0.05, 0) is 64.4 Å². The van der Waals surface area contributed by atoms with Gasteiger partial charge in [-0.3, -0.25) is 9.59 Å². The fraction of sp³-hybridized carbons (Fsp3) is 0.211. The maximum Gasteiger partial charge on any atom is 0.338 e. The molecule has 0 spiro atoms. The van der Waals surface area contributed by atoms with Gasteiger partial charge < -0.3 is 10.1 Å². The summed E-state index contributed by atoms with van der Waals surface area (Å²) in [6, 6.07) is 11.8. The van der Waals surface area contributed by atoms with Crippen molar-refractivity contribution in [3.05, 3.63) is 62.7 Å². The Labute approximate surface area is 159 Å². The average Bonchev–Trinajstić information content (AvgIpc) is 2.61. The first-order chi connectivity index (χ1) is 11.9. The number of halogens is 1. The van der Waals surface area contributed by atoms with Crippen LogP contribution in [0.4, 0.5) is 5.69 Å². The van der Waals surface area contributed by atoms with E-state index >= 15 is 0 Å². The van der Waals surface area contributed by atoms with Crippen molar-refractivity contribution in [1.29, 1.82) is 0 Å². The van der Waals surface area contributed by atoms with E-state index < -0.39 is 11.9 Å². The molecule has 0 saturated heterocycles. The van der Waals surface area contributed by atoms with Crippen LogP contribution in [0.1, 0.15) is 46.0 Å². The number of hydrogen-bond acceptors (Lipinski definition) is 4. The highest BCUT2D eigenvalue weighted by Crippen LogP contribution is 2.26. The zero-order chi connectivity index (χ0) is 18.4. The number of nitrogens with one attached hydrogen (secondary N) is 1. The Morgan fingerprint density at radius 2 is 1.84 bits per heavy atom. The molecule has 0 aliphatic carbocycles. The maximum absolute atomic E-state index is 12.1. The van der Waals surface area contributed by atoms with E-state index in [0.717, 1.165) is 9.13 Å². The molecular formula is C19H18INO4. The molecule has 0 aliphatic heterocycles. The molecule has 25 heavy (non-hydrogen) atoms. The second-order valence-electron chi connectivity index (χ2n) is 5.75. The second-order valence-corrected chi connectivity index (χ2v) is 7.00. The molecule has 1 amide bonds. The van der Waals surface area contributed by atoms with Crippen molar-refractivity contribution in [3.63, 3.8) is 0 Å². The molecule has 130 valence electrons. The smallest absolute Gasteiger partial charge is 0.338 e. The quantitative estimate of drug-likeness (QED) is 0.409. The molecule has 5 nitrogen and oxygen atoms in total. The Hall–Kier alpha value is -2.22. The third-order valence-electron chi connectivity index (χ3n) is 3.53. The number of hydrogen-bond donors (Lipinski definition) is 1. The van der Waals surface area contributed by atoms with Crippen molar-refractivity contribution >= 4 is 46.4 Å². The van der Waals surface area contributed by atoms with Crippen LogP contribution in [-0.4, -0.2) is 24.8 Å². The number of carbonyl (C=O) groups is 3. The van der Waals surface area contributed by atoms with Gasteiger partial charge in [-0.25, -0.2) is 4.79 Å². The van der Waals surface area contributed by atoms with Crippen LogP contribution in [0.5, 0.6) is 0 Å². The predicted octanol–water partition coefficient (Wildman–Crippen LogP) is 4.02. The lowest BCUT2D eigenvalue weighted by Gasteiger charge is -2.14. The standard InChI is InChI=1S/C19H18INO4/c1-12(2)16-9-15(20)7-8-17(16)21-18(23)11-25-19(24)14-5-3-13(10-22)4-6-14/h3-10,12H,11H2,1-2H3,(H,21,23). The molecule has 2 aromatic carbocycles. The maximum atomic E-state index is 12.1. The summed E-state index contributed by atoms with van der Waals surface area (Å²) in [7, 11) is 0. The van der Waals surface area contributed by atoms with E-state index in [1.54, 1.807) is 0 Å². The summed E-state index contributed by atoms with van der Waals surface area (Å²) in [6.45, 7) is 3.71. The first-order valence-corrected chi connectivity index (χ1v) is 8.80. The second kappa shape index (κ2) is 8.75. The van der Waals surface area contributed by atoms with Gasteiger partial charge in [0.15, 0.2) is 6.61 Å². The summed E-state index contributed by atoms with van der Waals surface area (Å²) in [5.74, 6) is -0.760. The molecule has 2 aromatic rings. The Morgan fingerprint density at radius 1 is 1.16 bits per heavy atom. The van der Waals surface area contributed by atoms with Crippen LogP contribution in [0.2, 0.25) is 0 Å². The summed E-state index contributed by atoms with van der Waals surface area (Å²) >= 11 is 2.22. The van der Waals surface area contributed by atoms with Crippen molar-refractivity contribution in [3.8, 4) is 0 Å². The first kappa shape index (κ1) is 19.1. The highest BCUT2D eigenvalue weighted by atomic mass is 127. The first-order valence-electron chi connectivity index (χ1n) is 7.72. The minimum Gasteiger partial charge on any atom is -0.452 e. The third kappa shape index (κ3) is 5.38. The topological polar surface area (TPSA) is 72.5 Å². The van der Waals surface area contributed by atoms with E-state index in [4.69, 9.17) is 4.74 Å². The monoisotopic (exact) mass is 451 g/mol. The molecule has 1 N–H and O–H groups in total. The number of ether oxygens (including phenoxy) is 1. The molecule has 0 heterocycles. The minimum absolute atomic E-state index is 0.254. The van der Waals surface area contributed by atoms with Crippen molar-refractivity contribution in [1.82, 2.24) is 0 Å². The van der Waals surface area contributed by atoms with Gasteiger partial charge in [0.05, 0.1) is 5.56 Å². The molecule has 0 aromatic heterocycles. The van der Waals surface area contributed by atoms with Gasteiger partial charge >= 0.3 is 5.97 Å². The summed E-state index contributed by atoms with van der Waals surface area (Å²) < 4.78 is 6.11. The Bertz CT molecular complexity index is 785. The van der Waals surface area contributed by atoms with E-state index in [2.05, 4.69) is 27.9 Å². The van der Waals surface area contributed by atoms with Gasteiger partial charge in [-0.15, -0.1) is 0 Å². The van der Waals surface area contributed by atoms with Gasteiger partial charge in [0, 0.05) is 14.8 Å². The van der Waals surface area contributed by atoms with Crippen molar-refractivity contribution in [2.24, 2.45) is 0 Å². The Morgan fingerprint density at radius 3 is 2.44 bits per heavy atom. The SMILES string of the molecule is CC(C)c1cc(I)ccc1NC(=O)COC(=O)c1ccc(C=O)cc1. The molecule has 0 atom stereocenters. The fourth-order valence-corrected chi connectivity index (χ4v) is 2.74. The third-order valence-corrected chi connectivity index (χ3v) is 4.20. The zero-order valence-corrected chi connectivity index (χ0v) is 16.1. The van der Waals surface area contributed by atoms with Crippen molar-refractivity contribution in [2.45, 2.75) is 19.8 Å². The predicted molar refractivity (Wildman–Crippen MR) is 104 cm³/mol. The lowest BCUT2D eigenvalue weighted by atomic mass is 10.0. The van der Waals surface area contributed by atoms with Crippen molar-refractivity contribution in [2.75, 3.05) is 11.9 Å². The van der Waals surface area contributed by atoms with Crippen LogP contribution < -0.4 is 5.32 Å². The van der Waals surface area contributed by atoms with E-state index in [-0.39, 0.29) is 18.1 Å². The lowest BCUT2D eigenvalue weighted by molar-refractivity contribution is -0.119. The van der Waals surface area contributed by atoms with Gasteiger partial charge in [0.25, 0.3) is 5.91 Å². The van der Waals surface area contributed by atoms with E-state index in [0.29, 0.717) is 17.5 Å². The molecule has 0 radical (unpaired) electrons. The molecule has 2 rings (SSSR count). The summed E-state index contributed by atoms with van der Waals surface area (Å²) in [4.78, 5) is 34.6. The van der Waals surface area contributed by atoms with E-state index in [1.165, 1.54) is 24.3 Å². The summed E-state index contributed by atoms with van der Waals surface area (Å²) in [5.41, 5.74) is 2.49. The van der Waals surface area contributed by atoms with E-state index in [1.807, 2.05) is 32.0 Å². The molecule has 0 aliphatic rings. The minimum atomic E-state index is -0.612. The van der Waals surface area contributed by atoms with Gasteiger partial charge in [-0.1, -0.05) is 26.0 Å². The van der Waals surface area contributed by atoms with E-state index in [9.17, 15) is 14.4 Å². The van der Waals surface area contributed by atoms with Crippen LogP contribution in [-0.2, 0) is 9.53 Å². The van der Waals surface area contributed by atoms with Gasteiger partial charge in [0.2, 0.25) is 0 Å². The van der Waals surface area contributed by atoms with Crippen LogP contribution in [0, 0.1) is 3.57 Å². The number of anilines is 1. The number of amides is 1. The Kier molecular flexibility index (Phi) is 6.69. The molecule has 0 unspecified atom stereocenters. The van der Waals surface area contributed by atoms with Crippen molar-refractivity contribution < 1.29 is 19.1 Å². The fourth-order valence-electron chi connectivity index (χ4n) is 2.22. The largest absolute Gasteiger partial charge is 0.452 e. The highest BCUT2D eigenvalue weighted by molar-refractivity contribution is 14.1. The van der Waals surface area contributed by atoms with Crippen LogP contribution in [0.25, 0.3) is 0 Å².